The summed E-state index contributed by atoms with van der Waals surface area (Å²) in [5.41, 5.74) is 0.836. The third-order valence-electron chi connectivity index (χ3n) is 2.68. The Morgan fingerprint density at radius 3 is 2.84 bits per heavy atom. The Balaban J connectivity index is 2.50. The zero-order valence-corrected chi connectivity index (χ0v) is 10.3. The quantitative estimate of drug-likeness (QED) is 0.859. The van der Waals surface area contributed by atoms with Crippen LogP contribution in [-0.4, -0.2) is 23.2 Å². The van der Waals surface area contributed by atoms with Gasteiger partial charge in [-0.05, 0) is 24.6 Å². The lowest BCUT2D eigenvalue weighted by atomic mass is 10.1. The Bertz CT molecular complexity index is 652. The van der Waals surface area contributed by atoms with Gasteiger partial charge in [-0.25, -0.2) is 14.2 Å². The predicted octanol–water partition coefficient (Wildman–Crippen LogP) is 2.57. The number of nitrogens with zero attached hydrogens (tertiary/aromatic N) is 1. The number of fused-ring (bicyclic) bond motifs is 1. The van der Waals surface area contributed by atoms with Crippen molar-refractivity contribution in [1.82, 2.24) is 4.98 Å². The highest BCUT2D eigenvalue weighted by Gasteiger charge is 2.09. The van der Waals surface area contributed by atoms with Crippen molar-refractivity contribution in [3.63, 3.8) is 0 Å². The Morgan fingerprint density at radius 2 is 2.16 bits per heavy atom. The van der Waals surface area contributed by atoms with E-state index < -0.39 is 11.8 Å². The molecule has 2 rings (SSSR count). The number of carbonyl (C=O) groups is 1. The van der Waals surface area contributed by atoms with E-state index in [0.29, 0.717) is 17.0 Å². The molecule has 1 aromatic carbocycles. The van der Waals surface area contributed by atoms with Crippen LogP contribution in [0.5, 0.6) is 5.88 Å². The molecule has 2 aromatic rings. The van der Waals surface area contributed by atoms with Crippen molar-refractivity contribution in [2.24, 2.45) is 0 Å². The number of hydrogen-bond donors (Lipinski definition) is 1. The van der Waals surface area contributed by atoms with Crippen LogP contribution in [0.15, 0.2) is 36.4 Å². The SMILES string of the molecule is COc1ccc2ccc(F)c(C/C=C/C(=O)O)c2n1. The second-order valence-corrected chi connectivity index (χ2v) is 3.90. The number of aliphatic carboxylic acids is 1. The standard InChI is InChI=1S/C14H12FNO3/c1-19-12-8-6-9-5-7-11(15)10(14(9)16-12)3-2-4-13(17)18/h2,4-8H,3H2,1H3,(H,17,18)/b4-2+. The average Bonchev–Trinajstić information content (AvgIpc) is 2.40. The van der Waals surface area contributed by atoms with Gasteiger partial charge < -0.3 is 9.84 Å². The van der Waals surface area contributed by atoms with Crippen LogP contribution in [0.2, 0.25) is 0 Å². The van der Waals surface area contributed by atoms with Gasteiger partial charge in [-0.1, -0.05) is 6.08 Å². The fraction of sp³-hybridized carbons (Fsp3) is 0.143. The molecule has 1 aromatic heterocycles. The molecule has 1 N–H and O–H groups in total. The van der Waals surface area contributed by atoms with Gasteiger partial charge in [0.05, 0.1) is 12.6 Å². The summed E-state index contributed by atoms with van der Waals surface area (Å²) in [6, 6.07) is 6.45. The van der Waals surface area contributed by atoms with E-state index in [1.807, 2.05) is 0 Å². The third kappa shape index (κ3) is 2.88. The highest BCUT2D eigenvalue weighted by Crippen LogP contribution is 2.23. The monoisotopic (exact) mass is 261 g/mol. The van der Waals surface area contributed by atoms with Crippen LogP contribution in [0.25, 0.3) is 10.9 Å². The summed E-state index contributed by atoms with van der Waals surface area (Å²) in [5.74, 6) is -1.09. The third-order valence-corrected chi connectivity index (χ3v) is 2.68. The lowest BCUT2D eigenvalue weighted by Crippen LogP contribution is -1.96. The normalized spacial score (nSPS) is 11.1. The van der Waals surface area contributed by atoms with Gasteiger partial charge >= 0.3 is 5.97 Å². The second-order valence-electron chi connectivity index (χ2n) is 3.90. The van der Waals surface area contributed by atoms with Crippen LogP contribution < -0.4 is 4.74 Å². The van der Waals surface area contributed by atoms with Gasteiger partial charge in [0.1, 0.15) is 5.82 Å². The van der Waals surface area contributed by atoms with E-state index >= 15 is 0 Å². The predicted molar refractivity (Wildman–Crippen MR) is 68.7 cm³/mol. The number of rotatable bonds is 4. The first kappa shape index (κ1) is 13.0. The molecule has 0 radical (unpaired) electrons. The molecule has 0 atom stereocenters. The number of ether oxygens (including phenoxy) is 1. The van der Waals surface area contributed by atoms with Crippen LogP contribution in [0.1, 0.15) is 5.56 Å². The molecule has 0 aliphatic carbocycles. The van der Waals surface area contributed by atoms with E-state index in [0.717, 1.165) is 11.5 Å². The average molecular weight is 261 g/mol. The molecule has 0 spiro atoms. The Kier molecular flexibility index (Phi) is 3.75. The summed E-state index contributed by atoms with van der Waals surface area (Å²) in [4.78, 5) is 14.6. The molecule has 0 amide bonds. The van der Waals surface area contributed by atoms with Crippen molar-refractivity contribution >= 4 is 16.9 Å². The van der Waals surface area contributed by atoms with Crippen molar-refractivity contribution in [2.75, 3.05) is 7.11 Å². The number of carboxylic acid groups (broad SMARTS) is 1. The number of halogens is 1. The molecule has 4 nitrogen and oxygen atoms in total. The first-order valence-corrected chi connectivity index (χ1v) is 5.63. The maximum atomic E-state index is 13.8. The fourth-order valence-corrected chi connectivity index (χ4v) is 1.79. The number of allylic oxidation sites excluding steroid dienone is 1. The summed E-state index contributed by atoms with van der Waals surface area (Å²) in [6.07, 6.45) is 2.54. The van der Waals surface area contributed by atoms with E-state index in [2.05, 4.69) is 4.98 Å². The molecule has 0 aliphatic rings. The Labute approximate surface area is 109 Å². The number of methoxy groups -OCH3 is 1. The minimum Gasteiger partial charge on any atom is -0.481 e. The van der Waals surface area contributed by atoms with E-state index in [9.17, 15) is 9.18 Å². The van der Waals surface area contributed by atoms with Gasteiger partial charge in [-0.15, -0.1) is 0 Å². The Morgan fingerprint density at radius 1 is 1.42 bits per heavy atom. The van der Waals surface area contributed by atoms with Crippen LogP contribution in [0.4, 0.5) is 4.39 Å². The zero-order valence-electron chi connectivity index (χ0n) is 10.3. The van der Waals surface area contributed by atoms with Crippen LogP contribution >= 0.6 is 0 Å². The highest BCUT2D eigenvalue weighted by molar-refractivity contribution is 5.83. The number of carboxylic acids is 1. The van der Waals surface area contributed by atoms with E-state index in [-0.39, 0.29) is 6.42 Å². The van der Waals surface area contributed by atoms with Gasteiger partial charge in [0, 0.05) is 23.1 Å². The lowest BCUT2D eigenvalue weighted by Gasteiger charge is -2.07. The molecular formula is C14H12FNO3. The lowest BCUT2D eigenvalue weighted by molar-refractivity contribution is -0.131. The molecule has 98 valence electrons. The molecule has 5 heteroatoms. The van der Waals surface area contributed by atoms with Gasteiger partial charge in [0.15, 0.2) is 0 Å². The zero-order chi connectivity index (χ0) is 13.8. The highest BCUT2D eigenvalue weighted by atomic mass is 19.1. The Hall–Kier alpha value is -2.43. The molecule has 0 aliphatic heterocycles. The van der Waals surface area contributed by atoms with Crippen molar-refractivity contribution in [3.8, 4) is 5.88 Å². The van der Waals surface area contributed by atoms with Crippen LogP contribution in [-0.2, 0) is 11.2 Å². The molecular weight excluding hydrogens is 249 g/mol. The van der Waals surface area contributed by atoms with Gasteiger partial charge in [-0.3, -0.25) is 0 Å². The van der Waals surface area contributed by atoms with Crippen LogP contribution in [0, 0.1) is 5.82 Å². The largest absolute Gasteiger partial charge is 0.481 e. The van der Waals surface area contributed by atoms with E-state index in [1.54, 1.807) is 18.2 Å². The number of aromatic nitrogens is 1. The summed E-state index contributed by atoms with van der Waals surface area (Å²) in [6.45, 7) is 0. The first-order valence-electron chi connectivity index (χ1n) is 5.63. The van der Waals surface area contributed by atoms with E-state index in [1.165, 1.54) is 19.3 Å². The minimum atomic E-state index is -1.06. The second kappa shape index (κ2) is 5.48. The van der Waals surface area contributed by atoms with Crippen molar-refractivity contribution in [2.45, 2.75) is 6.42 Å². The molecule has 0 unspecified atom stereocenters. The maximum Gasteiger partial charge on any atom is 0.327 e. The summed E-state index contributed by atoms with van der Waals surface area (Å²) in [5, 5.41) is 9.32. The first-order chi connectivity index (χ1) is 9.11. The number of benzene rings is 1. The minimum absolute atomic E-state index is 0.162. The molecule has 1 heterocycles. The van der Waals surface area contributed by atoms with Gasteiger partial charge in [-0.2, -0.15) is 0 Å². The van der Waals surface area contributed by atoms with Crippen molar-refractivity contribution in [1.29, 1.82) is 0 Å². The molecule has 0 saturated heterocycles. The van der Waals surface area contributed by atoms with Crippen molar-refractivity contribution < 1.29 is 19.0 Å². The molecule has 0 saturated carbocycles. The molecule has 0 fully saturated rings. The number of pyridine rings is 1. The van der Waals surface area contributed by atoms with E-state index in [4.69, 9.17) is 9.84 Å². The van der Waals surface area contributed by atoms with Crippen LogP contribution in [0.3, 0.4) is 0 Å². The van der Waals surface area contributed by atoms with Gasteiger partial charge in [0.25, 0.3) is 0 Å². The molecule has 19 heavy (non-hydrogen) atoms. The maximum absolute atomic E-state index is 13.8. The van der Waals surface area contributed by atoms with Gasteiger partial charge in [0.2, 0.25) is 5.88 Å². The summed E-state index contributed by atoms with van der Waals surface area (Å²) < 4.78 is 18.8. The molecule has 0 bridgehead atoms. The topological polar surface area (TPSA) is 59.4 Å². The summed E-state index contributed by atoms with van der Waals surface area (Å²) >= 11 is 0. The number of hydrogen-bond acceptors (Lipinski definition) is 3. The smallest absolute Gasteiger partial charge is 0.327 e. The fourth-order valence-electron chi connectivity index (χ4n) is 1.79. The van der Waals surface area contributed by atoms with Crippen molar-refractivity contribution in [3.05, 3.63) is 47.8 Å². The summed E-state index contributed by atoms with van der Waals surface area (Å²) in [7, 11) is 1.48.